The fourth-order valence-corrected chi connectivity index (χ4v) is 2.74. The highest BCUT2D eigenvalue weighted by Crippen LogP contribution is 2.34. The van der Waals surface area contributed by atoms with Crippen LogP contribution in [0.4, 0.5) is 4.39 Å². The summed E-state index contributed by atoms with van der Waals surface area (Å²) in [6, 6.07) is 12.4. The zero-order valence-electron chi connectivity index (χ0n) is 8.86. The van der Waals surface area contributed by atoms with Crippen LogP contribution in [0.2, 0.25) is 0 Å². The molecule has 0 saturated heterocycles. The predicted molar refractivity (Wildman–Crippen MR) is 70.6 cm³/mol. The second-order valence-corrected chi connectivity index (χ2v) is 5.39. The Kier molecular flexibility index (Phi) is 4.20. The van der Waals surface area contributed by atoms with Crippen LogP contribution < -0.4 is 0 Å². The van der Waals surface area contributed by atoms with Gasteiger partial charge in [0.2, 0.25) is 0 Å². The fourth-order valence-electron chi connectivity index (χ4n) is 1.37. The van der Waals surface area contributed by atoms with Gasteiger partial charge in [-0.1, -0.05) is 30.0 Å². The normalized spacial score (nSPS) is 10.5. The molecule has 2 aromatic rings. The third-order valence-electron chi connectivity index (χ3n) is 2.24. The van der Waals surface area contributed by atoms with Crippen LogP contribution in [-0.2, 0) is 6.61 Å². The summed E-state index contributed by atoms with van der Waals surface area (Å²) in [7, 11) is 0. The first-order chi connectivity index (χ1) is 8.20. The van der Waals surface area contributed by atoms with Crippen molar-refractivity contribution >= 4 is 27.7 Å². The van der Waals surface area contributed by atoms with E-state index in [1.165, 1.54) is 17.8 Å². The molecule has 0 aliphatic rings. The van der Waals surface area contributed by atoms with E-state index in [1.54, 1.807) is 12.1 Å². The fraction of sp³-hybridized carbons (Fsp3) is 0.0769. The molecule has 0 heterocycles. The molecule has 0 aliphatic heterocycles. The summed E-state index contributed by atoms with van der Waals surface area (Å²) in [6.07, 6.45) is 0. The number of aliphatic hydroxyl groups excluding tert-OH is 1. The Morgan fingerprint density at radius 3 is 2.53 bits per heavy atom. The second kappa shape index (κ2) is 5.67. The lowest BCUT2D eigenvalue weighted by molar-refractivity contribution is 0.281. The van der Waals surface area contributed by atoms with Crippen LogP contribution >= 0.6 is 27.7 Å². The Labute approximate surface area is 112 Å². The number of aliphatic hydroxyl groups is 1. The Hall–Kier alpha value is -0.840. The maximum absolute atomic E-state index is 13.7. The number of halogens is 2. The number of hydrogen-bond donors (Lipinski definition) is 1. The maximum atomic E-state index is 13.7. The predicted octanol–water partition coefficient (Wildman–Crippen LogP) is 4.23. The van der Waals surface area contributed by atoms with Crippen LogP contribution in [-0.4, -0.2) is 5.11 Å². The number of benzene rings is 2. The first-order valence-corrected chi connectivity index (χ1v) is 6.63. The first kappa shape index (κ1) is 12.6. The van der Waals surface area contributed by atoms with Crippen molar-refractivity contribution in [3.8, 4) is 0 Å². The molecule has 0 aliphatic carbocycles. The minimum atomic E-state index is -0.308. The molecule has 0 bridgehead atoms. The molecule has 0 atom stereocenters. The summed E-state index contributed by atoms with van der Waals surface area (Å²) in [5.41, 5.74) is 0.582. The van der Waals surface area contributed by atoms with Crippen LogP contribution in [0.15, 0.2) is 56.7 Å². The standard InChI is InChI=1S/C13H10BrFOS/c14-10-3-1-2-4-12(10)17-13-6-5-9(8-16)7-11(13)15/h1-7,16H,8H2. The summed E-state index contributed by atoms with van der Waals surface area (Å²) >= 11 is 4.78. The Bertz CT molecular complexity index is 531. The highest BCUT2D eigenvalue weighted by atomic mass is 79.9. The van der Waals surface area contributed by atoms with Gasteiger partial charge in [0.25, 0.3) is 0 Å². The molecular weight excluding hydrogens is 303 g/mol. The largest absolute Gasteiger partial charge is 0.392 e. The molecule has 1 nitrogen and oxygen atoms in total. The van der Waals surface area contributed by atoms with E-state index < -0.39 is 0 Å². The summed E-state index contributed by atoms with van der Waals surface area (Å²) < 4.78 is 14.6. The molecule has 0 unspecified atom stereocenters. The van der Waals surface area contributed by atoms with Crippen LogP contribution in [0, 0.1) is 5.82 Å². The van der Waals surface area contributed by atoms with Crippen molar-refractivity contribution in [1.29, 1.82) is 0 Å². The van der Waals surface area contributed by atoms with Gasteiger partial charge in [-0.15, -0.1) is 0 Å². The van der Waals surface area contributed by atoms with E-state index in [2.05, 4.69) is 15.9 Å². The van der Waals surface area contributed by atoms with Crippen molar-refractivity contribution in [2.45, 2.75) is 16.4 Å². The van der Waals surface area contributed by atoms with Crippen LogP contribution in [0.3, 0.4) is 0 Å². The van der Waals surface area contributed by atoms with Crippen molar-refractivity contribution in [3.63, 3.8) is 0 Å². The summed E-state index contributed by atoms with van der Waals surface area (Å²) in [6.45, 7) is -0.142. The van der Waals surface area contributed by atoms with E-state index in [1.807, 2.05) is 24.3 Å². The number of hydrogen-bond acceptors (Lipinski definition) is 2. The van der Waals surface area contributed by atoms with E-state index >= 15 is 0 Å². The smallest absolute Gasteiger partial charge is 0.137 e. The summed E-state index contributed by atoms with van der Waals surface area (Å²) in [5.74, 6) is -0.308. The van der Waals surface area contributed by atoms with Gasteiger partial charge in [-0.05, 0) is 45.8 Å². The van der Waals surface area contributed by atoms with Gasteiger partial charge in [0.15, 0.2) is 0 Å². The quantitative estimate of drug-likeness (QED) is 0.915. The van der Waals surface area contributed by atoms with Gasteiger partial charge >= 0.3 is 0 Å². The van der Waals surface area contributed by atoms with Crippen LogP contribution in [0.1, 0.15) is 5.56 Å². The maximum Gasteiger partial charge on any atom is 0.137 e. The van der Waals surface area contributed by atoms with E-state index in [-0.39, 0.29) is 12.4 Å². The average Bonchev–Trinajstić information content (AvgIpc) is 2.34. The minimum Gasteiger partial charge on any atom is -0.392 e. The molecule has 0 fully saturated rings. The molecule has 1 N–H and O–H groups in total. The van der Waals surface area contributed by atoms with Crippen molar-refractivity contribution in [2.24, 2.45) is 0 Å². The Morgan fingerprint density at radius 1 is 1.12 bits per heavy atom. The molecule has 0 saturated carbocycles. The lowest BCUT2D eigenvalue weighted by atomic mass is 10.2. The Morgan fingerprint density at radius 2 is 1.88 bits per heavy atom. The molecule has 2 rings (SSSR count). The zero-order chi connectivity index (χ0) is 12.3. The third-order valence-corrected chi connectivity index (χ3v) is 4.32. The molecule has 4 heteroatoms. The molecule has 88 valence electrons. The molecule has 0 radical (unpaired) electrons. The Balaban J connectivity index is 2.28. The molecule has 2 aromatic carbocycles. The van der Waals surface area contributed by atoms with Gasteiger partial charge in [0.1, 0.15) is 5.82 Å². The average molecular weight is 313 g/mol. The lowest BCUT2D eigenvalue weighted by Gasteiger charge is -2.06. The van der Waals surface area contributed by atoms with Gasteiger partial charge < -0.3 is 5.11 Å². The van der Waals surface area contributed by atoms with E-state index in [4.69, 9.17) is 5.11 Å². The van der Waals surface area contributed by atoms with Gasteiger partial charge in [0, 0.05) is 14.3 Å². The van der Waals surface area contributed by atoms with E-state index in [0.717, 1.165) is 9.37 Å². The van der Waals surface area contributed by atoms with Crippen LogP contribution in [0.25, 0.3) is 0 Å². The second-order valence-electron chi connectivity index (χ2n) is 3.46. The van der Waals surface area contributed by atoms with E-state index in [9.17, 15) is 4.39 Å². The van der Waals surface area contributed by atoms with Crippen molar-refractivity contribution in [2.75, 3.05) is 0 Å². The van der Waals surface area contributed by atoms with Gasteiger partial charge in [-0.25, -0.2) is 4.39 Å². The monoisotopic (exact) mass is 312 g/mol. The van der Waals surface area contributed by atoms with Gasteiger partial charge in [-0.2, -0.15) is 0 Å². The summed E-state index contributed by atoms with van der Waals surface area (Å²) in [4.78, 5) is 1.51. The highest BCUT2D eigenvalue weighted by molar-refractivity contribution is 9.10. The van der Waals surface area contributed by atoms with Crippen molar-refractivity contribution in [3.05, 3.63) is 58.3 Å². The SMILES string of the molecule is OCc1ccc(Sc2ccccc2Br)c(F)c1. The topological polar surface area (TPSA) is 20.2 Å². The minimum absolute atomic E-state index is 0.142. The molecular formula is C13H10BrFOS. The van der Waals surface area contributed by atoms with Gasteiger partial charge in [0.05, 0.1) is 6.61 Å². The van der Waals surface area contributed by atoms with E-state index in [0.29, 0.717) is 10.5 Å². The molecule has 0 spiro atoms. The van der Waals surface area contributed by atoms with Crippen LogP contribution in [0.5, 0.6) is 0 Å². The zero-order valence-corrected chi connectivity index (χ0v) is 11.3. The lowest BCUT2D eigenvalue weighted by Crippen LogP contribution is -1.87. The highest BCUT2D eigenvalue weighted by Gasteiger charge is 2.07. The van der Waals surface area contributed by atoms with Crippen molar-refractivity contribution < 1.29 is 9.50 Å². The van der Waals surface area contributed by atoms with Crippen molar-refractivity contribution in [1.82, 2.24) is 0 Å². The number of rotatable bonds is 3. The van der Waals surface area contributed by atoms with Gasteiger partial charge in [-0.3, -0.25) is 0 Å². The molecule has 0 aromatic heterocycles. The molecule has 17 heavy (non-hydrogen) atoms. The first-order valence-electron chi connectivity index (χ1n) is 5.02. The molecule has 0 amide bonds. The summed E-state index contributed by atoms with van der Waals surface area (Å²) in [5, 5.41) is 8.91. The third kappa shape index (κ3) is 3.09.